The number of aromatic nitrogens is 2. The molecule has 0 amide bonds. The monoisotopic (exact) mass is 284 g/mol. The molecule has 0 saturated carbocycles. The molecule has 100 valence electrons. The maximum atomic E-state index is 11.3. The molecule has 1 N–H and O–H groups in total. The Morgan fingerprint density at radius 3 is 2.65 bits per heavy atom. The first-order valence-corrected chi connectivity index (χ1v) is 7.01. The lowest BCUT2D eigenvalue weighted by atomic mass is 10.1. The summed E-state index contributed by atoms with van der Waals surface area (Å²) in [5.74, 6) is -0.946. The van der Waals surface area contributed by atoms with Crippen molar-refractivity contribution in [1.29, 1.82) is 0 Å². The number of hydrogen-bond acceptors (Lipinski definition) is 3. The summed E-state index contributed by atoms with van der Waals surface area (Å²) in [4.78, 5) is 12.5. The van der Waals surface area contributed by atoms with Crippen molar-refractivity contribution in [2.75, 3.05) is 0 Å². The van der Waals surface area contributed by atoms with E-state index in [0.29, 0.717) is 12.1 Å². The summed E-state index contributed by atoms with van der Waals surface area (Å²) in [7, 11) is 0. The van der Waals surface area contributed by atoms with Crippen molar-refractivity contribution in [3.63, 3.8) is 0 Å². The minimum Gasteiger partial charge on any atom is -0.478 e. The van der Waals surface area contributed by atoms with Gasteiger partial charge in [-0.15, -0.1) is 11.3 Å². The van der Waals surface area contributed by atoms with Crippen LogP contribution in [-0.2, 0) is 6.42 Å². The molecule has 3 rings (SSSR count). The van der Waals surface area contributed by atoms with E-state index in [9.17, 15) is 9.90 Å². The Bertz CT molecular complexity index is 718. The van der Waals surface area contributed by atoms with E-state index >= 15 is 0 Å². The molecule has 0 bridgehead atoms. The van der Waals surface area contributed by atoms with Crippen LogP contribution < -0.4 is 0 Å². The Morgan fingerprint density at radius 2 is 2.00 bits per heavy atom. The number of aromatic carboxylic acids is 1. The molecule has 0 aliphatic carbocycles. The molecule has 0 radical (unpaired) electrons. The Morgan fingerprint density at radius 1 is 1.20 bits per heavy atom. The zero-order valence-electron chi connectivity index (χ0n) is 10.6. The van der Waals surface area contributed by atoms with Crippen LogP contribution in [0.2, 0.25) is 0 Å². The van der Waals surface area contributed by atoms with Crippen molar-refractivity contribution in [2.24, 2.45) is 0 Å². The Labute approximate surface area is 119 Å². The van der Waals surface area contributed by atoms with Crippen LogP contribution in [0.15, 0.2) is 54.0 Å². The maximum Gasteiger partial charge on any atom is 0.339 e. The van der Waals surface area contributed by atoms with Crippen molar-refractivity contribution < 1.29 is 9.90 Å². The highest BCUT2D eigenvalue weighted by Gasteiger charge is 2.18. The second kappa shape index (κ2) is 5.30. The molecular weight excluding hydrogens is 272 g/mol. The first-order valence-electron chi connectivity index (χ1n) is 6.13. The van der Waals surface area contributed by atoms with Gasteiger partial charge in [-0.2, -0.15) is 5.10 Å². The van der Waals surface area contributed by atoms with Gasteiger partial charge in [0.1, 0.15) is 5.56 Å². The number of thiophene rings is 1. The highest BCUT2D eigenvalue weighted by atomic mass is 32.1. The van der Waals surface area contributed by atoms with Gasteiger partial charge in [-0.3, -0.25) is 0 Å². The Hall–Kier alpha value is -2.40. The fourth-order valence-electron chi connectivity index (χ4n) is 2.09. The topological polar surface area (TPSA) is 55.1 Å². The SMILES string of the molecule is O=C(O)c1cnn(-c2ccccc2)c1Cc1cccs1. The van der Waals surface area contributed by atoms with Gasteiger partial charge >= 0.3 is 5.97 Å². The number of rotatable bonds is 4. The third-order valence-corrected chi connectivity index (χ3v) is 3.90. The zero-order valence-corrected chi connectivity index (χ0v) is 11.4. The Kier molecular flexibility index (Phi) is 3.35. The lowest BCUT2D eigenvalue weighted by Gasteiger charge is -2.07. The molecule has 0 spiro atoms. The number of carboxylic acids is 1. The second-order valence-corrected chi connectivity index (χ2v) is 5.35. The van der Waals surface area contributed by atoms with E-state index < -0.39 is 5.97 Å². The van der Waals surface area contributed by atoms with E-state index in [1.54, 1.807) is 16.0 Å². The summed E-state index contributed by atoms with van der Waals surface area (Å²) in [6, 6.07) is 13.5. The molecule has 0 aliphatic rings. The summed E-state index contributed by atoms with van der Waals surface area (Å²) in [6.45, 7) is 0. The number of carboxylic acid groups (broad SMARTS) is 1. The largest absolute Gasteiger partial charge is 0.478 e. The average molecular weight is 284 g/mol. The van der Waals surface area contributed by atoms with Gasteiger partial charge in [-0.05, 0) is 23.6 Å². The van der Waals surface area contributed by atoms with Gasteiger partial charge in [0.15, 0.2) is 0 Å². The van der Waals surface area contributed by atoms with E-state index in [-0.39, 0.29) is 5.56 Å². The first kappa shape index (κ1) is 12.6. The standard InChI is InChI=1S/C15H12N2O2S/c18-15(19)13-10-16-17(11-5-2-1-3-6-11)14(13)9-12-7-4-8-20-12/h1-8,10H,9H2,(H,18,19). The molecule has 4 nitrogen and oxygen atoms in total. The maximum absolute atomic E-state index is 11.3. The lowest BCUT2D eigenvalue weighted by Crippen LogP contribution is -2.06. The van der Waals surface area contributed by atoms with Crippen molar-refractivity contribution in [1.82, 2.24) is 9.78 Å². The van der Waals surface area contributed by atoms with Crippen molar-refractivity contribution >= 4 is 17.3 Å². The molecule has 1 aromatic carbocycles. The van der Waals surface area contributed by atoms with E-state index in [1.807, 2.05) is 47.8 Å². The molecule has 0 unspecified atom stereocenters. The molecule has 20 heavy (non-hydrogen) atoms. The van der Waals surface area contributed by atoms with E-state index in [2.05, 4.69) is 5.10 Å². The van der Waals surface area contributed by atoms with Gasteiger partial charge in [0.2, 0.25) is 0 Å². The van der Waals surface area contributed by atoms with Gasteiger partial charge < -0.3 is 5.11 Å². The number of para-hydroxylation sites is 1. The molecule has 0 aliphatic heterocycles. The van der Waals surface area contributed by atoms with Crippen LogP contribution in [0.3, 0.4) is 0 Å². The van der Waals surface area contributed by atoms with E-state index in [0.717, 1.165) is 10.6 Å². The van der Waals surface area contributed by atoms with Crippen LogP contribution in [0.1, 0.15) is 20.9 Å². The third kappa shape index (κ3) is 2.35. The van der Waals surface area contributed by atoms with Crippen LogP contribution in [0.4, 0.5) is 0 Å². The molecular formula is C15H12N2O2S. The molecule has 0 atom stereocenters. The fourth-order valence-corrected chi connectivity index (χ4v) is 2.80. The van der Waals surface area contributed by atoms with Crippen molar-refractivity contribution in [3.05, 3.63) is 70.2 Å². The number of carbonyl (C=O) groups is 1. The summed E-state index contributed by atoms with van der Waals surface area (Å²) in [5, 5.41) is 15.5. The van der Waals surface area contributed by atoms with Gasteiger partial charge in [-0.1, -0.05) is 24.3 Å². The van der Waals surface area contributed by atoms with Crippen LogP contribution in [0.25, 0.3) is 5.69 Å². The van der Waals surface area contributed by atoms with Crippen LogP contribution in [0.5, 0.6) is 0 Å². The van der Waals surface area contributed by atoms with Crippen LogP contribution in [0, 0.1) is 0 Å². The first-order chi connectivity index (χ1) is 9.75. The molecule has 0 saturated heterocycles. The summed E-state index contributed by atoms with van der Waals surface area (Å²) < 4.78 is 1.70. The quantitative estimate of drug-likeness (QED) is 0.800. The highest BCUT2D eigenvalue weighted by molar-refractivity contribution is 7.09. The minimum absolute atomic E-state index is 0.252. The predicted molar refractivity (Wildman–Crippen MR) is 77.6 cm³/mol. The van der Waals surface area contributed by atoms with Crippen molar-refractivity contribution in [2.45, 2.75) is 6.42 Å². The predicted octanol–water partition coefficient (Wildman–Crippen LogP) is 3.22. The molecule has 0 fully saturated rings. The summed E-state index contributed by atoms with van der Waals surface area (Å²) >= 11 is 1.61. The lowest BCUT2D eigenvalue weighted by molar-refractivity contribution is 0.0696. The number of hydrogen-bond donors (Lipinski definition) is 1. The van der Waals surface area contributed by atoms with Gasteiger partial charge in [0, 0.05) is 11.3 Å². The van der Waals surface area contributed by atoms with Gasteiger partial charge in [-0.25, -0.2) is 9.48 Å². The van der Waals surface area contributed by atoms with Crippen molar-refractivity contribution in [3.8, 4) is 5.69 Å². The van der Waals surface area contributed by atoms with E-state index in [4.69, 9.17) is 0 Å². The smallest absolute Gasteiger partial charge is 0.339 e. The molecule has 2 heterocycles. The average Bonchev–Trinajstić information content (AvgIpc) is 3.10. The van der Waals surface area contributed by atoms with Crippen LogP contribution >= 0.6 is 11.3 Å². The minimum atomic E-state index is -0.946. The summed E-state index contributed by atoms with van der Waals surface area (Å²) in [6.07, 6.45) is 1.98. The second-order valence-electron chi connectivity index (χ2n) is 4.31. The summed E-state index contributed by atoms with van der Waals surface area (Å²) in [5.41, 5.74) is 1.82. The molecule has 3 aromatic rings. The van der Waals surface area contributed by atoms with E-state index in [1.165, 1.54) is 6.20 Å². The highest BCUT2D eigenvalue weighted by Crippen LogP contribution is 2.21. The fraction of sp³-hybridized carbons (Fsp3) is 0.0667. The number of nitrogens with zero attached hydrogens (tertiary/aromatic N) is 2. The molecule has 5 heteroatoms. The zero-order chi connectivity index (χ0) is 13.9. The molecule has 2 aromatic heterocycles. The van der Waals surface area contributed by atoms with Crippen LogP contribution in [-0.4, -0.2) is 20.9 Å². The van der Waals surface area contributed by atoms with Gasteiger partial charge in [0.05, 0.1) is 17.6 Å². The number of benzene rings is 1. The normalized spacial score (nSPS) is 10.6. The Balaban J connectivity index is 2.09. The third-order valence-electron chi connectivity index (χ3n) is 3.02. The van der Waals surface area contributed by atoms with Gasteiger partial charge in [0.25, 0.3) is 0 Å².